The third kappa shape index (κ3) is 4.51. The first-order chi connectivity index (χ1) is 13.0. The van der Waals surface area contributed by atoms with Gasteiger partial charge in [0.1, 0.15) is 0 Å². The minimum absolute atomic E-state index is 0.0465. The number of terminal acetylenes is 1. The molecular weight excluding hydrogens is 362 g/mol. The van der Waals surface area contributed by atoms with Crippen molar-refractivity contribution in [3.63, 3.8) is 0 Å². The van der Waals surface area contributed by atoms with Crippen LogP contribution in [0.1, 0.15) is 15.9 Å². The molecular formula is C20H15N3O3S. The van der Waals surface area contributed by atoms with E-state index in [0.717, 1.165) is 0 Å². The summed E-state index contributed by atoms with van der Waals surface area (Å²) in [5.74, 6) is 2.13. The van der Waals surface area contributed by atoms with E-state index < -0.39 is 10.0 Å². The zero-order chi connectivity index (χ0) is 19.3. The maximum absolute atomic E-state index is 12.4. The minimum atomic E-state index is -3.76. The number of carbonyl (C=O) groups is 1. The number of aromatic nitrogens is 1. The Morgan fingerprint density at radius 1 is 0.963 bits per heavy atom. The van der Waals surface area contributed by atoms with Crippen LogP contribution in [-0.4, -0.2) is 19.3 Å². The third-order valence-electron chi connectivity index (χ3n) is 3.65. The molecule has 1 amide bonds. The van der Waals surface area contributed by atoms with E-state index in [4.69, 9.17) is 6.42 Å². The molecule has 0 spiro atoms. The van der Waals surface area contributed by atoms with E-state index in [2.05, 4.69) is 20.9 Å². The summed E-state index contributed by atoms with van der Waals surface area (Å²) >= 11 is 0. The Kier molecular flexibility index (Phi) is 5.20. The van der Waals surface area contributed by atoms with Gasteiger partial charge < -0.3 is 5.32 Å². The molecule has 1 heterocycles. The first-order valence-electron chi connectivity index (χ1n) is 7.89. The highest BCUT2D eigenvalue weighted by atomic mass is 32.2. The van der Waals surface area contributed by atoms with Crippen molar-refractivity contribution in [3.05, 3.63) is 84.2 Å². The van der Waals surface area contributed by atoms with Crippen molar-refractivity contribution in [3.8, 4) is 12.3 Å². The summed E-state index contributed by atoms with van der Waals surface area (Å²) < 4.78 is 27.2. The monoisotopic (exact) mass is 377 g/mol. The Morgan fingerprint density at radius 2 is 1.67 bits per heavy atom. The van der Waals surface area contributed by atoms with Gasteiger partial charge in [0.15, 0.2) is 0 Å². The number of carbonyl (C=O) groups excluding carboxylic acids is 1. The zero-order valence-corrected chi connectivity index (χ0v) is 14.9. The van der Waals surface area contributed by atoms with E-state index in [0.29, 0.717) is 22.5 Å². The normalized spacial score (nSPS) is 10.6. The highest BCUT2D eigenvalue weighted by Gasteiger charge is 2.15. The average Bonchev–Trinajstić information content (AvgIpc) is 2.68. The summed E-state index contributed by atoms with van der Waals surface area (Å²) in [6.45, 7) is 0. The van der Waals surface area contributed by atoms with Gasteiger partial charge in [0.25, 0.3) is 15.9 Å². The molecule has 0 saturated heterocycles. The molecule has 3 rings (SSSR count). The number of benzene rings is 2. The van der Waals surface area contributed by atoms with Gasteiger partial charge >= 0.3 is 0 Å². The van der Waals surface area contributed by atoms with Gasteiger partial charge in [0, 0.05) is 29.2 Å². The maximum atomic E-state index is 12.4. The van der Waals surface area contributed by atoms with Crippen molar-refractivity contribution in [2.24, 2.45) is 0 Å². The Balaban J connectivity index is 1.74. The van der Waals surface area contributed by atoms with Crippen molar-refractivity contribution in [1.29, 1.82) is 0 Å². The molecule has 0 aliphatic carbocycles. The predicted molar refractivity (Wildman–Crippen MR) is 104 cm³/mol. The summed E-state index contributed by atoms with van der Waals surface area (Å²) in [6.07, 6.45) is 8.32. The number of rotatable bonds is 5. The second-order valence-electron chi connectivity index (χ2n) is 5.55. The van der Waals surface area contributed by atoms with Crippen LogP contribution in [0.3, 0.4) is 0 Å². The molecule has 0 aliphatic rings. The van der Waals surface area contributed by atoms with E-state index in [9.17, 15) is 13.2 Å². The van der Waals surface area contributed by atoms with Crippen molar-refractivity contribution >= 4 is 27.3 Å². The van der Waals surface area contributed by atoms with Gasteiger partial charge in [-0.05, 0) is 54.6 Å². The largest absolute Gasteiger partial charge is 0.322 e. The van der Waals surface area contributed by atoms with Gasteiger partial charge in [-0.2, -0.15) is 0 Å². The topological polar surface area (TPSA) is 88.2 Å². The maximum Gasteiger partial charge on any atom is 0.261 e. The van der Waals surface area contributed by atoms with Crippen LogP contribution in [0.2, 0.25) is 0 Å². The van der Waals surface area contributed by atoms with Gasteiger partial charge in [0.2, 0.25) is 0 Å². The Bertz CT molecular complexity index is 1100. The molecule has 27 heavy (non-hydrogen) atoms. The molecule has 0 atom stereocenters. The van der Waals surface area contributed by atoms with Crippen molar-refractivity contribution in [1.82, 2.24) is 4.98 Å². The number of hydrogen-bond acceptors (Lipinski definition) is 4. The van der Waals surface area contributed by atoms with Crippen LogP contribution >= 0.6 is 0 Å². The number of pyridine rings is 1. The minimum Gasteiger partial charge on any atom is -0.322 e. The van der Waals surface area contributed by atoms with Crippen molar-refractivity contribution < 1.29 is 13.2 Å². The molecule has 3 aromatic rings. The quantitative estimate of drug-likeness (QED) is 0.669. The van der Waals surface area contributed by atoms with Crippen LogP contribution < -0.4 is 10.0 Å². The smallest absolute Gasteiger partial charge is 0.261 e. The fourth-order valence-corrected chi connectivity index (χ4v) is 3.37. The SMILES string of the molecule is C#Cc1cccc(NC(=O)c2ccc(S(=O)(=O)Nc3ccncc3)cc2)c1. The second kappa shape index (κ2) is 7.72. The summed E-state index contributed by atoms with van der Waals surface area (Å²) in [7, 11) is -3.76. The summed E-state index contributed by atoms with van der Waals surface area (Å²) in [5.41, 5.74) is 1.94. The lowest BCUT2D eigenvalue weighted by Crippen LogP contribution is -2.15. The lowest BCUT2D eigenvalue weighted by molar-refractivity contribution is 0.102. The van der Waals surface area contributed by atoms with Crippen LogP contribution in [-0.2, 0) is 10.0 Å². The number of hydrogen-bond donors (Lipinski definition) is 2. The Labute approximate surface area is 157 Å². The summed E-state index contributed by atoms with van der Waals surface area (Å²) in [6, 6.07) is 15.6. The number of anilines is 2. The fourth-order valence-electron chi connectivity index (χ4n) is 2.31. The molecule has 1 aromatic heterocycles. The van der Waals surface area contributed by atoms with E-state index in [1.165, 1.54) is 36.7 Å². The average molecular weight is 377 g/mol. The van der Waals surface area contributed by atoms with E-state index >= 15 is 0 Å². The number of nitrogens with one attached hydrogen (secondary N) is 2. The number of sulfonamides is 1. The lowest BCUT2D eigenvalue weighted by Gasteiger charge is -2.09. The highest BCUT2D eigenvalue weighted by molar-refractivity contribution is 7.92. The molecule has 0 radical (unpaired) electrons. The molecule has 6 nitrogen and oxygen atoms in total. The number of amides is 1. The van der Waals surface area contributed by atoms with Gasteiger partial charge in [-0.1, -0.05) is 12.0 Å². The van der Waals surface area contributed by atoms with Gasteiger partial charge in [-0.25, -0.2) is 8.42 Å². The van der Waals surface area contributed by atoms with E-state index in [-0.39, 0.29) is 10.8 Å². The molecule has 0 aliphatic heterocycles. The standard InChI is InChI=1S/C20H15N3O3S/c1-2-15-4-3-5-18(14-15)22-20(24)16-6-8-19(9-7-16)27(25,26)23-17-10-12-21-13-11-17/h1,3-14H,(H,21,23)(H,22,24). The van der Waals surface area contributed by atoms with Gasteiger partial charge in [-0.15, -0.1) is 6.42 Å². The Hall–Kier alpha value is -3.63. The second-order valence-corrected chi connectivity index (χ2v) is 7.23. The van der Waals surface area contributed by atoms with Gasteiger partial charge in [-0.3, -0.25) is 14.5 Å². The molecule has 134 valence electrons. The molecule has 0 fully saturated rings. The third-order valence-corrected chi connectivity index (χ3v) is 5.04. The van der Waals surface area contributed by atoms with E-state index in [1.807, 2.05) is 0 Å². The Morgan fingerprint density at radius 3 is 2.33 bits per heavy atom. The molecule has 7 heteroatoms. The van der Waals surface area contributed by atoms with Crippen LogP contribution in [0.25, 0.3) is 0 Å². The molecule has 0 bridgehead atoms. The molecule has 0 saturated carbocycles. The predicted octanol–water partition coefficient (Wildman–Crippen LogP) is 3.12. The highest BCUT2D eigenvalue weighted by Crippen LogP contribution is 2.17. The van der Waals surface area contributed by atoms with Crippen molar-refractivity contribution in [2.45, 2.75) is 4.90 Å². The summed E-state index contributed by atoms with van der Waals surface area (Å²) in [4.78, 5) is 16.2. The lowest BCUT2D eigenvalue weighted by atomic mass is 10.2. The van der Waals surface area contributed by atoms with Gasteiger partial charge in [0.05, 0.1) is 10.6 Å². The number of nitrogens with zero attached hydrogens (tertiary/aromatic N) is 1. The summed E-state index contributed by atoms with van der Waals surface area (Å²) in [5, 5.41) is 2.72. The van der Waals surface area contributed by atoms with Crippen LogP contribution in [0.15, 0.2) is 78.0 Å². The molecule has 0 unspecified atom stereocenters. The van der Waals surface area contributed by atoms with Crippen LogP contribution in [0.5, 0.6) is 0 Å². The van der Waals surface area contributed by atoms with Crippen LogP contribution in [0.4, 0.5) is 11.4 Å². The van der Waals surface area contributed by atoms with Crippen molar-refractivity contribution in [2.75, 3.05) is 10.0 Å². The molecule has 2 aromatic carbocycles. The van der Waals surface area contributed by atoms with Crippen LogP contribution in [0, 0.1) is 12.3 Å². The first kappa shape index (κ1) is 18.2. The fraction of sp³-hybridized carbons (Fsp3) is 0. The zero-order valence-electron chi connectivity index (χ0n) is 14.1. The molecule has 2 N–H and O–H groups in total. The van der Waals surface area contributed by atoms with E-state index in [1.54, 1.807) is 36.4 Å². The first-order valence-corrected chi connectivity index (χ1v) is 9.37.